The number of ether oxygens (including phenoxy) is 3. The second-order valence-electron chi connectivity index (χ2n) is 9.39. The van der Waals surface area contributed by atoms with Crippen molar-refractivity contribution in [3.63, 3.8) is 0 Å². The smallest absolute Gasteiger partial charge is 0.225 e. The van der Waals surface area contributed by atoms with Crippen molar-refractivity contribution in [2.75, 3.05) is 13.2 Å². The number of terminal acetylenes is 1. The van der Waals surface area contributed by atoms with Gasteiger partial charge < -0.3 is 19.3 Å². The van der Waals surface area contributed by atoms with Crippen molar-refractivity contribution in [2.24, 2.45) is 14.1 Å². The normalized spacial score (nSPS) is 16.5. The summed E-state index contributed by atoms with van der Waals surface area (Å²) in [6.45, 7) is 3.05. The molecule has 0 aliphatic carbocycles. The first-order chi connectivity index (χ1) is 18.4. The molecule has 1 saturated heterocycles. The van der Waals surface area contributed by atoms with Crippen LogP contribution in [0.25, 0.3) is 22.0 Å². The molecule has 3 aromatic heterocycles. The van der Waals surface area contributed by atoms with E-state index in [4.69, 9.17) is 20.6 Å². The molecule has 200 valence electrons. The molecule has 4 aromatic rings. The highest BCUT2D eigenvalue weighted by Crippen LogP contribution is 2.35. The highest BCUT2D eigenvalue weighted by atomic mass is 127. The van der Waals surface area contributed by atoms with E-state index in [1.807, 2.05) is 30.8 Å². The van der Waals surface area contributed by atoms with E-state index in [0.29, 0.717) is 36.2 Å². The van der Waals surface area contributed by atoms with E-state index in [1.165, 1.54) is 0 Å². The maximum Gasteiger partial charge on any atom is 0.225 e. The van der Waals surface area contributed by atoms with Crippen LogP contribution in [0.2, 0.25) is 0 Å². The molecule has 11 heteroatoms. The van der Waals surface area contributed by atoms with Crippen LogP contribution < -0.4 is 9.47 Å². The molecule has 5 rings (SSSR count). The quantitative estimate of drug-likeness (QED) is 0.219. The molecule has 0 spiro atoms. The Kier molecular flexibility index (Phi) is 7.92. The molecule has 2 atom stereocenters. The Bertz CT molecular complexity index is 1480. The van der Waals surface area contributed by atoms with E-state index in [1.54, 1.807) is 22.6 Å². The zero-order valence-electron chi connectivity index (χ0n) is 21.7. The predicted molar refractivity (Wildman–Crippen MR) is 151 cm³/mol. The Morgan fingerprint density at radius 3 is 2.79 bits per heavy atom. The summed E-state index contributed by atoms with van der Waals surface area (Å²) in [6.07, 6.45) is 11.2. The SMILES string of the molecule is C#Cc1nn(C2CCCCO2)c2ccc(-c3cnn(C)c3O[C@@H](C)CCOc3c(I)c(CO)nn3C)cc12. The van der Waals surface area contributed by atoms with Crippen LogP contribution in [0.3, 0.4) is 0 Å². The van der Waals surface area contributed by atoms with Crippen molar-refractivity contribution in [1.82, 2.24) is 29.3 Å². The molecule has 1 aliphatic heterocycles. The number of fused-ring (bicyclic) bond motifs is 1. The molecule has 1 aliphatic rings. The van der Waals surface area contributed by atoms with Crippen LogP contribution >= 0.6 is 22.6 Å². The Labute approximate surface area is 235 Å². The van der Waals surface area contributed by atoms with E-state index >= 15 is 0 Å². The van der Waals surface area contributed by atoms with Gasteiger partial charge in [-0.3, -0.25) is 0 Å². The van der Waals surface area contributed by atoms with Gasteiger partial charge >= 0.3 is 0 Å². The highest BCUT2D eigenvalue weighted by Gasteiger charge is 2.22. The summed E-state index contributed by atoms with van der Waals surface area (Å²) < 4.78 is 24.4. The molecular formula is C27H31IN6O4. The minimum atomic E-state index is -0.136. The fraction of sp³-hybridized carbons (Fsp3) is 0.444. The fourth-order valence-corrected chi connectivity index (χ4v) is 5.46. The van der Waals surface area contributed by atoms with Gasteiger partial charge in [-0.15, -0.1) is 6.42 Å². The number of aliphatic hydroxyl groups is 1. The van der Waals surface area contributed by atoms with Gasteiger partial charge in [0.1, 0.15) is 21.1 Å². The molecule has 0 radical (unpaired) electrons. The van der Waals surface area contributed by atoms with Crippen LogP contribution in [0.4, 0.5) is 0 Å². The number of nitrogens with zero attached hydrogens (tertiary/aromatic N) is 6. The summed E-state index contributed by atoms with van der Waals surface area (Å²) in [5, 5.41) is 23.7. The molecule has 1 unspecified atom stereocenters. The molecule has 38 heavy (non-hydrogen) atoms. The standard InChI is InChI=1S/C27H31IN6O4/c1-5-21-19-14-18(9-10-23(19)34(31-21)24-8-6-7-12-36-24)20-15-29-32(3)26(20)38-17(2)11-13-37-27-25(28)22(16-35)30-33(27)4/h1,9-10,14-15,17,24,35H,6-8,11-13,16H2,2-4H3/t17-,24?/m0/s1. The number of aromatic nitrogens is 6. The van der Waals surface area contributed by atoms with Crippen molar-refractivity contribution < 1.29 is 19.3 Å². The molecule has 0 amide bonds. The van der Waals surface area contributed by atoms with E-state index in [-0.39, 0.29) is 18.9 Å². The molecule has 0 saturated carbocycles. The Morgan fingerprint density at radius 2 is 2.08 bits per heavy atom. The van der Waals surface area contributed by atoms with Crippen LogP contribution in [0.15, 0.2) is 24.4 Å². The molecule has 4 heterocycles. The number of aryl methyl sites for hydroxylation is 2. The van der Waals surface area contributed by atoms with Gasteiger partial charge in [-0.2, -0.15) is 15.3 Å². The molecule has 1 N–H and O–H groups in total. The minimum absolute atomic E-state index is 0.0931. The Balaban J connectivity index is 1.33. The van der Waals surface area contributed by atoms with Gasteiger partial charge in [0.15, 0.2) is 6.23 Å². The lowest BCUT2D eigenvalue weighted by molar-refractivity contribution is -0.0367. The zero-order chi connectivity index (χ0) is 26.8. The maximum atomic E-state index is 9.42. The summed E-state index contributed by atoms with van der Waals surface area (Å²) in [5.74, 6) is 4.04. The number of aliphatic hydroxyl groups excluding tert-OH is 1. The summed E-state index contributed by atoms with van der Waals surface area (Å²) >= 11 is 2.14. The minimum Gasteiger partial charge on any atom is -0.477 e. The summed E-state index contributed by atoms with van der Waals surface area (Å²) in [4.78, 5) is 0. The third-order valence-corrected chi connectivity index (χ3v) is 7.78. The maximum absolute atomic E-state index is 9.42. The topological polar surface area (TPSA) is 101 Å². The van der Waals surface area contributed by atoms with Crippen molar-refractivity contribution in [1.29, 1.82) is 0 Å². The van der Waals surface area contributed by atoms with Crippen LogP contribution in [-0.2, 0) is 25.4 Å². The van der Waals surface area contributed by atoms with Crippen LogP contribution in [-0.4, -0.2) is 53.8 Å². The van der Waals surface area contributed by atoms with Crippen molar-refractivity contribution in [3.05, 3.63) is 39.4 Å². The second-order valence-corrected chi connectivity index (χ2v) is 10.5. The zero-order valence-corrected chi connectivity index (χ0v) is 23.9. The van der Waals surface area contributed by atoms with E-state index in [9.17, 15) is 5.11 Å². The molecule has 1 fully saturated rings. The molecule has 10 nitrogen and oxygen atoms in total. The third-order valence-electron chi connectivity index (χ3n) is 6.70. The van der Waals surface area contributed by atoms with Crippen LogP contribution in [0.1, 0.15) is 50.2 Å². The Morgan fingerprint density at radius 1 is 1.24 bits per heavy atom. The second kappa shape index (κ2) is 11.3. The van der Waals surface area contributed by atoms with Crippen LogP contribution in [0, 0.1) is 15.9 Å². The van der Waals surface area contributed by atoms with Gasteiger partial charge in [-0.1, -0.05) is 6.07 Å². The van der Waals surface area contributed by atoms with E-state index in [2.05, 4.69) is 49.9 Å². The lowest BCUT2D eigenvalue weighted by Crippen LogP contribution is -2.19. The van der Waals surface area contributed by atoms with Crippen molar-refractivity contribution in [3.8, 4) is 35.2 Å². The molecule has 1 aromatic carbocycles. The number of halogens is 1. The summed E-state index contributed by atoms with van der Waals surface area (Å²) in [6, 6.07) is 6.14. The average molecular weight is 630 g/mol. The first-order valence-corrected chi connectivity index (χ1v) is 13.7. The highest BCUT2D eigenvalue weighted by molar-refractivity contribution is 14.1. The third kappa shape index (κ3) is 5.12. The first-order valence-electron chi connectivity index (χ1n) is 12.7. The van der Waals surface area contributed by atoms with Gasteiger partial charge in [0.2, 0.25) is 11.8 Å². The largest absolute Gasteiger partial charge is 0.477 e. The van der Waals surface area contributed by atoms with E-state index < -0.39 is 0 Å². The average Bonchev–Trinajstić information content (AvgIpc) is 3.57. The van der Waals surface area contributed by atoms with Crippen molar-refractivity contribution >= 4 is 33.5 Å². The summed E-state index contributed by atoms with van der Waals surface area (Å²) in [5.41, 5.74) is 3.99. The molecular weight excluding hydrogens is 599 g/mol. The van der Waals surface area contributed by atoms with Gasteiger partial charge in [-0.05, 0) is 72.4 Å². The monoisotopic (exact) mass is 630 g/mol. The van der Waals surface area contributed by atoms with Gasteiger partial charge in [0, 0.05) is 32.5 Å². The fourth-order valence-electron chi connectivity index (χ4n) is 4.68. The lowest BCUT2D eigenvalue weighted by Gasteiger charge is -2.23. The molecule has 0 bridgehead atoms. The van der Waals surface area contributed by atoms with Gasteiger partial charge in [-0.25, -0.2) is 14.0 Å². The van der Waals surface area contributed by atoms with Crippen LogP contribution in [0.5, 0.6) is 11.8 Å². The van der Waals surface area contributed by atoms with Crippen molar-refractivity contribution in [2.45, 2.75) is 51.5 Å². The summed E-state index contributed by atoms with van der Waals surface area (Å²) in [7, 11) is 3.66. The lowest BCUT2D eigenvalue weighted by atomic mass is 10.1. The van der Waals surface area contributed by atoms with E-state index in [0.717, 1.165) is 51.5 Å². The van der Waals surface area contributed by atoms with Gasteiger partial charge in [0.05, 0.1) is 30.5 Å². The predicted octanol–water partition coefficient (Wildman–Crippen LogP) is 4.18. The number of benzene rings is 1. The van der Waals surface area contributed by atoms with Gasteiger partial charge in [0.25, 0.3) is 0 Å². The number of hydrogen-bond donors (Lipinski definition) is 1. The Hall–Kier alpha value is -3.08. The number of hydrogen-bond acceptors (Lipinski definition) is 7. The first kappa shape index (κ1) is 26.5. The number of rotatable bonds is 9.